The first kappa shape index (κ1) is 17.7. The van der Waals surface area contributed by atoms with Crippen LogP contribution in [0.4, 0.5) is 5.82 Å². The molecular formula is C18H21IN2O2. The van der Waals surface area contributed by atoms with Crippen LogP contribution < -0.4 is 10.1 Å². The van der Waals surface area contributed by atoms with E-state index in [4.69, 9.17) is 4.74 Å². The smallest absolute Gasteiger partial charge is 0.263 e. The fourth-order valence-electron chi connectivity index (χ4n) is 2.07. The zero-order chi connectivity index (χ0) is 16.8. The first-order valence-electron chi connectivity index (χ1n) is 7.65. The predicted octanol–water partition coefficient (Wildman–Crippen LogP) is 4.53. The van der Waals surface area contributed by atoms with Crippen LogP contribution in [0.2, 0.25) is 0 Å². The number of nitrogens with zero attached hydrogens (tertiary/aromatic N) is 1. The molecule has 1 amide bonds. The predicted molar refractivity (Wildman–Crippen MR) is 101 cm³/mol. The highest BCUT2D eigenvalue weighted by Gasteiger charge is 2.07. The number of rotatable bonds is 6. The Labute approximate surface area is 150 Å². The Bertz CT molecular complexity index is 671. The van der Waals surface area contributed by atoms with Gasteiger partial charge >= 0.3 is 0 Å². The second-order valence-electron chi connectivity index (χ2n) is 5.48. The molecule has 0 bridgehead atoms. The van der Waals surface area contributed by atoms with Gasteiger partial charge in [-0.3, -0.25) is 4.79 Å². The minimum absolute atomic E-state index is 0.0323. The molecule has 0 spiro atoms. The van der Waals surface area contributed by atoms with E-state index in [0.717, 1.165) is 15.7 Å². The summed E-state index contributed by atoms with van der Waals surface area (Å²) in [5.74, 6) is 1.55. The lowest BCUT2D eigenvalue weighted by molar-refractivity contribution is -0.118. The zero-order valence-corrected chi connectivity index (χ0v) is 15.8. The van der Waals surface area contributed by atoms with E-state index in [-0.39, 0.29) is 12.5 Å². The fraction of sp³-hybridized carbons (Fsp3) is 0.333. The lowest BCUT2D eigenvalue weighted by Gasteiger charge is -2.11. The van der Waals surface area contributed by atoms with Crippen molar-refractivity contribution < 1.29 is 9.53 Å². The molecule has 1 aromatic heterocycles. The van der Waals surface area contributed by atoms with E-state index in [1.165, 1.54) is 5.56 Å². The minimum atomic E-state index is -0.218. The van der Waals surface area contributed by atoms with E-state index in [9.17, 15) is 4.79 Å². The van der Waals surface area contributed by atoms with E-state index in [1.54, 1.807) is 6.07 Å². The Hall–Kier alpha value is -1.63. The molecule has 4 nitrogen and oxygen atoms in total. The van der Waals surface area contributed by atoms with Crippen LogP contribution in [-0.4, -0.2) is 17.5 Å². The van der Waals surface area contributed by atoms with E-state index < -0.39 is 0 Å². The molecule has 23 heavy (non-hydrogen) atoms. The average molecular weight is 424 g/mol. The van der Waals surface area contributed by atoms with Gasteiger partial charge < -0.3 is 10.1 Å². The fourth-order valence-corrected chi connectivity index (χ4v) is 2.37. The Kier molecular flexibility index (Phi) is 6.38. The molecule has 0 aliphatic carbocycles. The van der Waals surface area contributed by atoms with Gasteiger partial charge in [-0.25, -0.2) is 4.98 Å². The molecule has 1 N–H and O–H groups in total. The molecule has 1 atom stereocenters. The van der Waals surface area contributed by atoms with Gasteiger partial charge in [0, 0.05) is 3.57 Å². The molecule has 0 saturated carbocycles. The topological polar surface area (TPSA) is 51.2 Å². The number of hydrogen-bond donors (Lipinski definition) is 1. The first-order valence-corrected chi connectivity index (χ1v) is 8.73. The zero-order valence-electron chi connectivity index (χ0n) is 13.6. The number of aryl methyl sites for hydroxylation is 1. The average Bonchev–Trinajstić information content (AvgIpc) is 2.56. The van der Waals surface area contributed by atoms with Crippen molar-refractivity contribution in [3.63, 3.8) is 0 Å². The molecule has 0 saturated heterocycles. The van der Waals surface area contributed by atoms with E-state index in [0.29, 0.717) is 17.5 Å². The summed E-state index contributed by atoms with van der Waals surface area (Å²) in [6.07, 6.45) is 1.10. The maximum atomic E-state index is 11.9. The Morgan fingerprint density at radius 2 is 1.96 bits per heavy atom. The molecular weight excluding hydrogens is 403 g/mol. The Morgan fingerprint density at radius 1 is 1.26 bits per heavy atom. The van der Waals surface area contributed by atoms with Crippen LogP contribution in [0.25, 0.3) is 0 Å². The van der Waals surface area contributed by atoms with Crippen LogP contribution in [0.1, 0.15) is 37.4 Å². The van der Waals surface area contributed by atoms with Crippen molar-refractivity contribution in [1.29, 1.82) is 0 Å². The number of benzene rings is 1. The summed E-state index contributed by atoms with van der Waals surface area (Å²) >= 11 is 2.21. The third kappa shape index (κ3) is 5.20. The summed E-state index contributed by atoms with van der Waals surface area (Å²) in [5.41, 5.74) is 2.17. The monoisotopic (exact) mass is 424 g/mol. The molecule has 5 heteroatoms. The number of pyridine rings is 1. The van der Waals surface area contributed by atoms with Crippen molar-refractivity contribution in [3.05, 3.63) is 51.2 Å². The van der Waals surface area contributed by atoms with Crippen LogP contribution in [0.15, 0.2) is 36.4 Å². The first-order chi connectivity index (χ1) is 11.0. The number of hydrogen-bond acceptors (Lipinski definition) is 3. The summed E-state index contributed by atoms with van der Waals surface area (Å²) in [6.45, 7) is 6.24. The van der Waals surface area contributed by atoms with Crippen LogP contribution >= 0.6 is 22.6 Å². The highest BCUT2D eigenvalue weighted by Crippen LogP contribution is 2.21. The van der Waals surface area contributed by atoms with Crippen LogP contribution in [0.5, 0.6) is 5.75 Å². The summed E-state index contributed by atoms with van der Waals surface area (Å²) in [6, 6.07) is 11.6. The summed E-state index contributed by atoms with van der Waals surface area (Å²) in [4.78, 5) is 16.2. The lowest BCUT2D eigenvalue weighted by Crippen LogP contribution is -2.21. The summed E-state index contributed by atoms with van der Waals surface area (Å²) in [7, 11) is 0. The number of halogens is 1. The molecule has 0 aliphatic rings. The van der Waals surface area contributed by atoms with Gasteiger partial charge in [0.1, 0.15) is 11.6 Å². The van der Waals surface area contributed by atoms with Gasteiger partial charge in [0.15, 0.2) is 6.61 Å². The van der Waals surface area contributed by atoms with Crippen LogP contribution in [0, 0.1) is 10.5 Å². The number of anilines is 1. The van der Waals surface area contributed by atoms with Crippen molar-refractivity contribution in [1.82, 2.24) is 4.98 Å². The summed E-state index contributed by atoms with van der Waals surface area (Å²) in [5, 5.41) is 2.74. The van der Waals surface area contributed by atoms with E-state index >= 15 is 0 Å². The SMILES string of the molecule is CC[C@H](C)c1ccc(OCC(=O)Nc2ccc(I)c(C)n2)cc1. The van der Waals surface area contributed by atoms with Gasteiger partial charge in [0.25, 0.3) is 5.91 Å². The number of nitrogens with one attached hydrogen (secondary N) is 1. The van der Waals surface area contributed by atoms with Crippen LogP contribution in [0.3, 0.4) is 0 Å². The molecule has 0 radical (unpaired) electrons. The Balaban J connectivity index is 1.87. The van der Waals surface area contributed by atoms with Gasteiger partial charge in [0.05, 0.1) is 5.69 Å². The van der Waals surface area contributed by atoms with Crippen molar-refractivity contribution in [2.24, 2.45) is 0 Å². The standard InChI is InChI=1S/C18H21IN2O2/c1-4-12(2)14-5-7-15(8-6-14)23-11-18(22)21-17-10-9-16(19)13(3)20-17/h5-10,12H,4,11H2,1-3H3,(H,20,21,22)/t12-/m0/s1. The van der Waals surface area contributed by atoms with Gasteiger partial charge in [-0.15, -0.1) is 0 Å². The van der Waals surface area contributed by atoms with Gasteiger partial charge in [0.2, 0.25) is 0 Å². The lowest BCUT2D eigenvalue weighted by atomic mass is 9.99. The molecule has 122 valence electrons. The molecule has 2 rings (SSSR count). The maximum Gasteiger partial charge on any atom is 0.263 e. The van der Waals surface area contributed by atoms with Crippen molar-refractivity contribution in [3.8, 4) is 5.75 Å². The third-order valence-corrected chi connectivity index (χ3v) is 4.86. The number of ether oxygens (including phenoxy) is 1. The van der Waals surface area contributed by atoms with Crippen molar-refractivity contribution in [2.75, 3.05) is 11.9 Å². The molecule has 2 aromatic rings. The second kappa shape index (κ2) is 8.29. The van der Waals surface area contributed by atoms with Gasteiger partial charge in [-0.2, -0.15) is 0 Å². The molecule has 1 aromatic carbocycles. The quantitative estimate of drug-likeness (QED) is 0.694. The largest absolute Gasteiger partial charge is 0.484 e. The molecule has 0 unspecified atom stereocenters. The number of amides is 1. The maximum absolute atomic E-state index is 11.9. The van der Waals surface area contributed by atoms with E-state index in [2.05, 4.69) is 46.7 Å². The highest BCUT2D eigenvalue weighted by atomic mass is 127. The number of carbonyl (C=O) groups is 1. The third-order valence-electron chi connectivity index (χ3n) is 3.72. The normalized spacial score (nSPS) is 11.8. The van der Waals surface area contributed by atoms with Crippen LogP contribution in [-0.2, 0) is 4.79 Å². The molecule has 1 heterocycles. The van der Waals surface area contributed by atoms with Crippen molar-refractivity contribution >= 4 is 34.3 Å². The summed E-state index contributed by atoms with van der Waals surface area (Å²) < 4.78 is 6.59. The Morgan fingerprint density at radius 3 is 2.57 bits per heavy atom. The second-order valence-corrected chi connectivity index (χ2v) is 6.64. The van der Waals surface area contributed by atoms with Gasteiger partial charge in [-0.05, 0) is 71.7 Å². The molecule has 0 aliphatic heterocycles. The highest BCUT2D eigenvalue weighted by molar-refractivity contribution is 14.1. The number of carbonyl (C=O) groups excluding carboxylic acids is 1. The number of aromatic nitrogens is 1. The van der Waals surface area contributed by atoms with Gasteiger partial charge in [-0.1, -0.05) is 26.0 Å². The minimum Gasteiger partial charge on any atom is -0.484 e. The van der Waals surface area contributed by atoms with Crippen molar-refractivity contribution in [2.45, 2.75) is 33.1 Å². The molecule has 0 fully saturated rings. The van der Waals surface area contributed by atoms with E-state index in [1.807, 2.05) is 37.3 Å².